The number of benzene rings is 8. The highest BCUT2D eigenvalue weighted by molar-refractivity contribution is 7.88. The second kappa shape index (κ2) is 23.0. The van der Waals surface area contributed by atoms with Gasteiger partial charge in [-0.2, -0.15) is 25.3 Å². The smallest absolute Gasteiger partial charge is 0.323 e. The highest BCUT2D eigenvalue weighted by atomic mass is 32.2. The Morgan fingerprint density at radius 3 is 1.03 bits per heavy atom. The SMILES string of the molecule is Cc1ccc(C(=O)Nc2ccc(S(=O)(=O)[O-])c3cc(S(=O)(=O)O)cc(S(=O)(=O)[O-])c23)cc1NC(=O)c1cccc(NC(=O)Nc2cccc(C(=O)Nc3cc(C(=O)Nc4ccc(S(=O)(=O)O)c5cc(S(=O)(=O)O)cc(S(=O)(=O)[O-])c45)ccc3C)c2)c1. The number of anilines is 6. The summed E-state index contributed by atoms with van der Waals surface area (Å²) in [7, 11) is -32.8. The zero-order valence-electron chi connectivity index (χ0n) is 43.2. The molecule has 29 nitrogen and oxygen atoms in total. The third-order valence-corrected chi connectivity index (χ3v) is 17.7. The molecule has 9 N–H and O–H groups in total. The van der Waals surface area contributed by atoms with Crippen LogP contribution in [-0.4, -0.2) is 107 Å². The first-order chi connectivity index (χ1) is 39.8. The molecule has 86 heavy (non-hydrogen) atoms. The van der Waals surface area contributed by atoms with Gasteiger partial charge in [0.05, 0.1) is 35.9 Å². The molecule has 0 heterocycles. The predicted molar refractivity (Wildman–Crippen MR) is 301 cm³/mol. The van der Waals surface area contributed by atoms with Crippen LogP contribution in [0.3, 0.4) is 0 Å². The van der Waals surface area contributed by atoms with Crippen molar-refractivity contribution >= 4 is 146 Å². The van der Waals surface area contributed by atoms with E-state index in [9.17, 15) is 102 Å². The summed E-state index contributed by atoms with van der Waals surface area (Å²) >= 11 is 0. The predicted octanol–water partition coefficient (Wildman–Crippen LogP) is 5.72. The van der Waals surface area contributed by atoms with Crippen molar-refractivity contribution in [2.75, 3.05) is 31.9 Å². The molecule has 0 aliphatic carbocycles. The Bertz CT molecular complexity index is 4710. The van der Waals surface area contributed by atoms with Gasteiger partial charge in [0.15, 0.2) is 0 Å². The van der Waals surface area contributed by atoms with Crippen LogP contribution in [0.1, 0.15) is 52.6 Å². The van der Waals surface area contributed by atoms with E-state index in [1.54, 1.807) is 13.8 Å². The highest BCUT2D eigenvalue weighted by Crippen LogP contribution is 2.39. The number of hydrogen-bond acceptors (Lipinski definition) is 20. The Labute approximate surface area is 487 Å². The van der Waals surface area contributed by atoms with E-state index in [1.807, 2.05) is 0 Å². The number of fused-ring (bicyclic) bond motifs is 2. The van der Waals surface area contributed by atoms with Crippen LogP contribution in [0.15, 0.2) is 163 Å². The molecule has 35 heteroatoms. The molecule has 8 rings (SSSR count). The Kier molecular flexibility index (Phi) is 16.9. The summed E-state index contributed by atoms with van der Waals surface area (Å²) in [5.41, 5.74) is -0.650. The molecule has 8 aromatic carbocycles. The maximum Gasteiger partial charge on any atom is 0.323 e. The second-order valence-electron chi connectivity index (χ2n) is 18.3. The molecule has 0 saturated carbocycles. The van der Waals surface area contributed by atoms with Crippen molar-refractivity contribution in [3.05, 3.63) is 167 Å². The number of urea groups is 1. The zero-order valence-corrected chi connectivity index (χ0v) is 48.1. The monoisotopic (exact) mass is 1290 g/mol. The van der Waals surface area contributed by atoms with Gasteiger partial charge in [-0.15, -0.1) is 0 Å². The molecule has 0 atom stereocenters. The van der Waals surface area contributed by atoms with Crippen LogP contribution in [0, 0.1) is 13.8 Å². The molecular weight excluding hydrogens is 1260 g/mol. The molecule has 0 saturated heterocycles. The normalized spacial score (nSPS) is 12.3. The van der Waals surface area contributed by atoms with E-state index in [0.717, 1.165) is 12.1 Å². The van der Waals surface area contributed by atoms with Crippen LogP contribution in [0.5, 0.6) is 0 Å². The van der Waals surface area contributed by atoms with Crippen LogP contribution < -0.4 is 31.9 Å². The third-order valence-electron chi connectivity index (χ3n) is 12.5. The number of hydrogen-bond donors (Lipinski definition) is 9. The average molecular weight is 1290 g/mol. The summed E-state index contributed by atoms with van der Waals surface area (Å²) in [5.74, 6) is -3.65. The van der Waals surface area contributed by atoms with Crippen LogP contribution in [0.25, 0.3) is 21.5 Å². The molecule has 0 bridgehead atoms. The molecule has 6 amide bonds. The quantitative estimate of drug-likeness (QED) is 0.0522. The van der Waals surface area contributed by atoms with Crippen molar-refractivity contribution in [2.24, 2.45) is 0 Å². The van der Waals surface area contributed by atoms with Crippen molar-refractivity contribution in [1.82, 2.24) is 0 Å². The highest BCUT2D eigenvalue weighted by Gasteiger charge is 2.27. The Balaban J connectivity index is 0.946. The van der Waals surface area contributed by atoms with Gasteiger partial charge in [-0.3, -0.25) is 32.8 Å². The van der Waals surface area contributed by atoms with Gasteiger partial charge in [-0.25, -0.2) is 30.0 Å². The summed E-state index contributed by atoms with van der Waals surface area (Å²) in [5, 5.41) is 11.3. The number of rotatable bonds is 16. The number of carbonyl (C=O) groups excluding carboxylic acids is 5. The molecule has 0 unspecified atom stereocenters. The first kappa shape index (κ1) is 62.9. The van der Waals surface area contributed by atoms with Gasteiger partial charge >= 0.3 is 6.03 Å². The Morgan fingerprint density at radius 1 is 0.349 bits per heavy atom. The van der Waals surface area contributed by atoms with E-state index in [4.69, 9.17) is 0 Å². The van der Waals surface area contributed by atoms with Crippen molar-refractivity contribution < 1.29 is 102 Å². The van der Waals surface area contributed by atoms with Gasteiger partial charge in [-0.05, 0) is 134 Å². The van der Waals surface area contributed by atoms with Crippen molar-refractivity contribution in [2.45, 2.75) is 43.2 Å². The van der Waals surface area contributed by atoms with E-state index >= 15 is 0 Å². The minimum Gasteiger partial charge on any atom is -0.744 e. The maximum absolute atomic E-state index is 13.7. The van der Waals surface area contributed by atoms with Gasteiger partial charge in [0, 0.05) is 66.5 Å². The lowest BCUT2D eigenvalue weighted by Crippen LogP contribution is -2.21. The molecule has 0 radical (unpaired) electrons. The zero-order chi connectivity index (χ0) is 63.4. The van der Waals surface area contributed by atoms with E-state index < -0.39 is 153 Å². The maximum atomic E-state index is 13.7. The largest absolute Gasteiger partial charge is 0.744 e. The van der Waals surface area contributed by atoms with E-state index in [0.29, 0.717) is 35.4 Å². The number of carbonyl (C=O) groups is 5. The van der Waals surface area contributed by atoms with Crippen molar-refractivity contribution in [1.29, 1.82) is 0 Å². The van der Waals surface area contributed by atoms with Gasteiger partial charge in [0.25, 0.3) is 54.0 Å². The molecule has 0 aliphatic rings. The van der Waals surface area contributed by atoms with Gasteiger partial charge < -0.3 is 45.6 Å². The molecule has 0 spiro atoms. The lowest BCUT2D eigenvalue weighted by molar-refractivity contribution is 0.101. The third kappa shape index (κ3) is 14.0. The molecule has 8 aromatic rings. The summed E-state index contributed by atoms with van der Waals surface area (Å²) in [6.45, 7) is 3.09. The second-order valence-corrected chi connectivity index (χ2v) is 26.6. The van der Waals surface area contributed by atoms with Gasteiger partial charge in [-0.1, -0.05) is 24.3 Å². The van der Waals surface area contributed by atoms with Crippen LogP contribution in [0.4, 0.5) is 38.9 Å². The molecule has 0 aliphatic heterocycles. The standard InChI is InChI=1S/C51H40N6O23S6/c1-25-9-11-29(49(60)54-37-13-15-41(83(69,70)71)35-21-33(81(63,64)65)23-43(45(35)37)85(75,76)77)19-39(25)56-47(58)27-5-3-7-31(17-27)52-51(62)53-32-8-4-6-28(18-32)48(59)57-40-20-30(12-10-26(40)2)50(61)55-38-14-16-42(84(72,73)74)36-22-34(82(66,67)68)24-44(46(36)38)86(78,79)80/h3-24H,1-2H3,(H,54,60)(H,55,61)(H,56,58)(H,57,59)(H2,52,53,62)(H,63,64,65)(H,66,67,68)(H,69,70,71)(H,72,73,74)(H,75,76,77)(H,78,79,80)/p-3. The molecular formula is C51H37N6O23S6-3. The first-order valence-electron chi connectivity index (χ1n) is 23.5. The molecule has 448 valence electrons. The van der Waals surface area contributed by atoms with Crippen molar-refractivity contribution in [3.8, 4) is 0 Å². The summed E-state index contributed by atoms with van der Waals surface area (Å²) in [6, 6.07) is 21.9. The van der Waals surface area contributed by atoms with Crippen LogP contribution in [-0.2, 0) is 60.7 Å². The number of aryl methyl sites for hydroxylation is 2. The van der Waals surface area contributed by atoms with Crippen LogP contribution >= 0.6 is 0 Å². The Morgan fingerprint density at radius 2 is 0.686 bits per heavy atom. The Hall–Kier alpha value is -9.11. The first-order valence-corrected chi connectivity index (χ1v) is 32.1. The van der Waals surface area contributed by atoms with Crippen molar-refractivity contribution in [3.63, 3.8) is 0 Å². The summed E-state index contributed by atoms with van der Waals surface area (Å²) in [6.07, 6.45) is 0. The van der Waals surface area contributed by atoms with E-state index in [1.165, 1.54) is 84.9 Å². The lowest BCUT2D eigenvalue weighted by Gasteiger charge is -2.19. The number of nitrogens with one attached hydrogen (secondary N) is 6. The van der Waals surface area contributed by atoms with E-state index in [-0.39, 0.29) is 57.1 Å². The minimum absolute atomic E-state index is 0.0325. The van der Waals surface area contributed by atoms with E-state index in [2.05, 4.69) is 31.9 Å². The minimum atomic E-state index is -5.72. The topological polar surface area (TPSA) is 492 Å². The van der Waals surface area contributed by atoms with Gasteiger partial charge in [0.1, 0.15) is 35.2 Å². The number of amides is 6. The average Bonchev–Trinajstić information content (AvgIpc) is 0.808. The summed E-state index contributed by atoms with van der Waals surface area (Å²) in [4.78, 5) is 60.2. The molecule has 0 aromatic heterocycles. The fourth-order valence-corrected chi connectivity index (χ4v) is 12.5. The fraction of sp³-hybridized carbons (Fsp3) is 0.0392. The fourth-order valence-electron chi connectivity index (χ4n) is 8.48. The molecule has 0 fully saturated rings. The lowest BCUT2D eigenvalue weighted by atomic mass is 10.1. The summed E-state index contributed by atoms with van der Waals surface area (Å²) < 4.78 is 212. The van der Waals surface area contributed by atoms with Gasteiger partial charge in [0.2, 0.25) is 0 Å². The van der Waals surface area contributed by atoms with Crippen LogP contribution in [0.2, 0.25) is 0 Å².